The van der Waals surface area contributed by atoms with Crippen LogP contribution in [0.1, 0.15) is 11.5 Å². The van der Waals surface area contributed by atoms with Crippen LogP contribution in [-0.4, -0.2) is 22.6 Å². The number of nitrogens with two attached hydrogens (primary N) is 1. The fraction of sp³-hybridized carbons (Fsp3) is 0.182. The molecular weight excluding hydrogens is 211 g/mol. The van der Waals surface area contributed by atoms with Crippen molar-refractivity contribution in [1.29, 1.82) is 0 Å². The lowest BCUT2D eigenvalue weighted by molar-refractivity contribution is -0.138. The van der Waals surface area contributed by atoms with Gasteiger partial charge in [-0.25, -0.2) is 4.39 Å². The molecule has 5 heteroatoms. The molecule has 84 valence electrons. The number of nitrogens with one attached hydrogen (secondary N) is 1. The normalized spacial score (nSPS) is 12.9. The predicted molar refractivity (Wildman–Crippen MR) is 57.7 cm³/mol. The van der Waals surface area contributed by atoms with E-state index < -0.39 is 17.7 Å². The Morgan fingerprint density at radius 1 is 1.56 bits per heavy atom. The number of carboxylic acids is 1. The summed E-state index contributed by atoms with van der Waals surface area (Å²) >= 11 is 0. The quantitative estimate of drug-likeness (QED) is 0.735. The van der Waals surface area contributed by atoms with E-state index in [4.69, 9.17) is 10.8 Å². The van der Waals surface area contributed by atoms with E-state index in [-0.39, 0.29) is 6.54 Å². The van der Waals surface area contributed by atoms with Gasteiger partial charge in [0.1, 0.15) is 5.82 Å². The number of hydrogen-bond acceptors (Lipinski definition) is 2. The van der Waals surface area contributed by atoms with Crippen molar-refractivity contribution in [1.82, 2.24) is 4.98 Å². The van der Waals surface area contributed by atoms with Gasteiger partial charge in [0, 0.05) is 18.1 Å². The number of aromatic amines is 1. The van der Waals surface area contributed by atoms with E-state index in [1.165, 1.54) is 12.3 Å². The molecule has 0 fully saturated rings. The number of carbonyl (C=O) groups is 1. The summed E-state index contributed by atoms with van der Waals surface area (Å²) in [6.45, 7) is -0.0151. The highest BCUT2D eigenvalue weighted by molar-refractivity contribution is 5.89. The second-order valence-electron chi connectivity index (χ2n) is 3.53. The zero-order valence-electron chi connectivity index (χ0n) is 8.40. The van der Waals surface area contributed by atoms with Gasteiger partial charge < -0.3 is 15.8 Å². The van der Waals surface area contributed by atoms with Crippen LogP contribution in [0.4, 0.5) is 4.39 Å². The molecule has 4 nitrogen and oxygen atoms in total. The molecule has 0 radical (unpaired) electrons. The first kappa shape index (κ1) is 10.6. The highest BCUT2D eigenvalue weighted by atomic mass is 19.1. The van der Waals surface area contributed by atoms with Crippen LogP contribution in [0.2, 0.25) is 0 Å². The third-order valence-electron chi connectivity index (χ3n) is 2.61. The predicted octanol–water partition coefficient (Wildman–Crippen LogP) is 1.43. The molecule has 1 atom stereocenters. The molecule has 4 N–H and O–H groups in total. The molecule has 0 saturated carbocycles. The minimum absolute atomic E-state index is 0.0151. The standard InChI is InChI=1S/C11H11FN2O2/c12-9-3-1-2-6-8(5-14-10(6)9)7(4-13)11(15)16/h1-3,5,7,14H,4,13H2,(H,15,16). The second-order valence-corrected chi connectivity index (χ2v) is 3.53. The average Bonchev–Trinajstić information content (AvgIpc) is 2.64. The van der Waals surface area contributed by atoms with Gasteiger partial charge in [0.2, 0.25) is 0 Å². The minimum atomic E-state index is -1.01. The zero-order chi connectivity index (χ0) is 11.7. The number of H-pyrrole nitrogens is 1. The van der Waals surface area contributed by atoms with Gasteiger partial charge in [-0.3, -0.25) is 4.79 Å². The van der Waals surface area contributed by atoms with Gasteiger partial charge in [-0.05, 0) is 11.6 Å². The molecule has 1 heterocycles. The van der Waals surface area contributed by atoms with Crippen molar-refractivity contribution in [2.45, 2.75) is 5.92 Å². The van der Waals surface area contributed by atoms with E-state index in [9.17, 15) is 9.18 Å². The molecule has 0 aliphatic heterocycles. The summed E-state index contributed by atoms with van der Waals surface area (Å²) in [4.78, 5) is 13.7. The maximum absolute atomic E-state index is 13.4. The van der Waals surface area contributed by atoms with Gasteiger partial charge in [0.15, 0.2) is 0 Å². The van der Waals surface area contributed by atoms with Crippen molar-refractivity contribution < 1.29 is 14.3 Å². The molecule has 0 bridgehead atoms. The number of benzene rings is 1. The number of fused-ring (bicyclic) bond motifs is 1. The SMILES string of the molecule is NCC(C(=O)O)c1c[nH]c2c(F)cccc12. The Hall–Kier alpha value is -1.88. The lowest BCUT2D eigenvalue weighted by Crippen LogP contribution is -2.20. The second kappa shape index (κ2) is 3.94. The van der Waals surface area contributed by atoms with Crippen LogP contribution < -0.4 is 5.73 Å². The number of hydrogen-bond donors (Lipinski definition) is 3. The number of halogens is 1. The van der Waals surface area contributed by atoms with Gasteiger partial charge in [0.05, 0.1) is 11.4 Å². The third-order valence-corrected chi connectivity index (χ3v) is 2.61. The summed E-state index contributed by atoms with van der Waals surface area (Å²) in [6, 6.07) is 4.54. The van der Waals surface area contributed by atoms with Crippen molar-refractivity contribution >= 4 is 16.9 Å². The Morgan fingerprint density at radius 2 is 2.31 bits per heavy atom. The van der Waals surface area contributed by atoms with Crippen molar-refractivity contribution in [2.24, 2.45) is 5.73 Å². The summed E-state index contributed by atoms with van der Waals surface area (Å²) in [7, 11) is 0. The molecule has 16 heavy (non-hydrogen) atoms. The van der Waals surface area contributed by atoms with E-state index in [0.717, 1.165) is 0 Å². The molecule has 0 spiro atoms. The molecule has 0 aliphatic carbocycles. The maximum atomic E-state index is 13.4. The summed E-state index contributed by atoms with van der Waals surface area (Å²) < 4.78 is 13.4. The van der Waals surface area contributed by atoms with Crippen LogP contribution in [0.15, 0.2) is 24.4 Å². The Balaban J connectivity index is 2.61. The fourth-order valence-electron chi connectivity index (χ4n) is 1.79. The highest BCUT2D eigenvalue weighted by Gasteiger charge is 2.21. The molecule has 1 aromatic carbocycles. The van der Waals surface area contributed by atoms with Crippen LogP contribution in [0, 0.1) is 5.82 Å². The van der Waals surface area contributed by atoms with Crippen molar-refractivity contribution in [3.63, 3.8) is 0 Å². The Labute approximate surface area is 90.9 Å². The monoisotopic (exact) mass is 222 g/mol. The Kier molecular flexibility index (Phi) is 2.62. The maximum Gasteiger partial charge on any atom is 0.312 e. The van der Waals surface area contributed by atoms with Gasteiger partial charge in [0.25, 0.3) is 0 Å². The molecule has 2 aromatic rings. The molecule has 2 rings (SSSR count). The largest absolute Gasteiger partial charge is 0.481 e. The molecule has 0 amide bonds. The molecule has 0 aliphatic rings. The van der Waals surface area contributed by atoms with Gasteiger partial charge in [-0.1, -0.05) is 12.1 Å². The lowest BCUT2D eigenvalue weighted by atomic mass is 9.99. The van der Waals surface area contributed by atoms with Gasteiger partial charge in [-0.2, -0.15) is 0 Å². The molecular formula is C11H11FN2O2. The van der Waals surface area contributed by atoms with Crippen LogP contribution in [-0.2, 0) is 4.79 Å². The summed E-state index contributed by atoms with van der Waals surface area (Å²) in [5.74, 6) is -2.21. The van der Waals surface area contributed by atoms with E-state index in [0.29, 0.717) is 16.5 Å². The fourth-order valence-corrected chi connectivity index (χ4v) is 1.79. The topological polar surface area (TPSA) is 79.1 Å². The number of aromatic nitrogens is 1. The molecule has 0 saturated heterocycles. The summed E-state index contributed by atoms with van der Waals surface area (Å²) in [6.07, 6.45) is 1.50. The van der Waals surface area contributed by atoms with Crippen LogP contribution in [0.25, 0.3) is 10.9 Å². The van der Waals surface area contributed by atoms with E-state index in [1.54, 1.807) is 12.1 Å². The Morgan fingerprint density at radius 3 is 2.94 bits per heavy atom. The van der Waals surface area contributed by atoms with Gasteiger partial charge >= 0.3 is 5.97 Å². The lowest BCUT2D eigenvalue weighted by Gasteiger charge is -2.07. The van der Waals surface area contributed by atoms with E-state index >= 15 is 0 Å². The first-order chi connectivity index (χ1) is 7.65. The van der Waals surface area contributed by atoms with Crippen molar-refractivity contribution in [3.8, 4) is 0 Å². The van der Waals surface area contributed by atoms with Crippen LogP contribution in [0.5, 0.6) is 0 Å². The van der Waals surface area contributed by atoms with Crippen molar-refractivity contribution in [3.05, 3.63) is 35.8 Å². The summed E-state index contributed by atoms with van der Waals surface area (Å²) in [5, 5.41) is 9.55. The third kappa shape index (κ3) is 1.55. The zero-order valence-corrected chi connectivity index (χ0v) is 8.40. The van der Waals surface area contributed by atoms with E-state index in [1.807, 2.05) is 0 Å². The minimum Gasteiger partial charge on any atom is -0.481 e. The van der Waals surface area contributed by atoms with E-state index in [2.05, 4.69) is 4.98 Å². The number of carboxylic acid groups (broad SMARTS) is 1. The van der Waals surface area contributed by atoms with Crippen LogP contribution >= 0.6 is 0 Å². The smallest absolute Gasteiger partial charge is 0.312 e. The summed E-state index contributed by atoms with van der Waals surface area (Å²) in [5.41, 5.74) is 6.24. The molecule has 1 aromatic heterocycles. The highest BCUT2D eigenvalue weighted by Crippen LogP contribution is 2.26. The Bertz CT molecular complexity index is 536. The number of rotatable bonds is 3. The van der Waals surface area contributed by atoms with Gasteiger partial charge in [-0.15, -0.1) is 0 Å². The number of para-hydroxylation sites is 1. The first-order valence-electron chi connectivity index (χ1n) is 4.83. The van der Waals surface area contributed by atoms with Crippen LogP contribution in [0.3, 0.4) is 0 Å². The van der Waals surface area contributed by atoms with Crippen molar-refractivity contribution in [2.75, 3.05) is 6.54 Å². The number of aliphatic carboxylic acids is 1. The first-order valence-corrected chi connectivity index (χ1v) is 4.83. The molecule has 1 unspecified atom stereocenters. The average molecular weight is 222 g/mol.